The van der Waals surface area contributed by atoms with Gasteiger partial charge in [0.15, 0.2) is 0 Å². The van der Waals surface area contributed by atoms with E-state index in [1.807, 2.05) is 24.3 Å². The van der Waals surface area contributed by atoms with E-state index in [1.165, 1.54) is 0 Å². The van der Waals surface area contributed by atoms with Crippen LogP contribution in [0.1, 0.15) is 22.3 Å². The zero-order valence-electron chi connectivity index (χ0n) is 12.0. The van der Waals surface area contributed by atoms with Crippen molar-refractivity contribution in [3.05, 3.63) is 84.0 Å². The van der Waals surface area contributed by atoms with Gasteiger partial charge in [-0.05, 0) is 59.7 Å². The van der Waals surface area contributed by atoms with Gasteiger partial charge in [0.1, 0.15) is 11.5 Å². The van der Waals surface area contributed by atoms with Crippen molar-refractivity contribution in [2.45, 2.75) is 19.3 Å². The molecule has 0 saturated carbocycles. The summed E-state index contributed by atoms with van der Waals surface area (Å²) in [5.74, 6) is 0.573. The molecule has 0 unspecified atom stereocenters. The average Bonchev–Trinajstić information content (AvgIpc) is 2.46. The fourth-order valence-corrected chi connectivity index (χ4v) is 2.42. The van der Waals surface area contributed by atoms with Gasteiger partial charge in [0.2, 0.25) is 0 Å². The van der Waals surface area contributed by atoms with Crippen LogP contribution < -0.4 is 0 Å². The molecule has 21 heavy (non-hydrogen) atoms. The molecule has 0 amide bonds. The Morgan fingerprint density at radius 2 is 1.52 bits per heavy atom. The van der Waals surface area contributed by atoms with Crippen molar-refractivity contribution in [3.8, 4) is 11.5 Å². The Morgan fingerprint density at radius 1 is 0.810 bits per heavy atom. The van der Waals surface area contributed by atoms with Crippen molar-refractivity contribution >= 4 is 0 Å². The molecule has 0 atom stereocenters. The largest absolute Gasteiger partial charge is 0.508 e. The van der Waals surface area contributed by atoms with E-state index in [2.05, 4.69) is 13.2 Å². The predicted octanol–water partition coefficient (Wildman–Crippen LogP) is 4.15. The molecule has 0 spiro atoms. The summed E-state index contributed by atoms with van der Waals surface area (Å²) in [4.78, 5) is 0. The van der Waals surface area contributed by atoms with E-state index >= 15 is 0 Å². The normalized spacial score (nSPS) is 10.3. The van der Waals surface area contributed by atoms with Crippen molar-refractivity contribution in [3.63, 3.8) is 0 Å². The average molecular weight is 280 g/mol. The van der Waals surface area contributed by atoms with Crippen LogP contribution in [0.15, 0.2) is 61.7 Å². The molecule has 2 rings (SSSR count). The van der Waals surface area contributed by atoms with Crippen LogP contribution >= 0.6 is 0 Å². The van der Waals surface area contributed by atoms with Gasteiger partial charge < -0.3 is 10.2 Å². The monoisotopic (exact) mass is 280 g/mol. The van der Waals surface area contributed by atoms with Gasteiger partial charge >= 0.3 is 0 Å². The third-order valence-corrected chi connectivity index (χ3v) is 3.46. The summed E-state index contributed by atoms with van der Waals surface area (Å²) in [6.07, 6.45) is 5.74. The first-order valence-corrected chi connectivity index (χ1v) is 6.97. The number of benzene rings is 2. The molecule has 0 aliphatic rings. The van der Waals surface area contributed by atoms with Gasteiger partial charge in [-0.15, -0.1) is 13.2 Å². The maximum Gasteiger partial charge on any atom is 0.119 e. The number of allylic oxidation sites excluding steroid dienone is 2. The highest BCUT2D eigenvalue weighted by atomic mass is 16.3. The van der Waals surface area contributed by atoms with Gasteiger partial charge in [-0.3, -0.25) is 0 Å². The van der Waals surface area contributed by atoms with Gasteiger partial charge in [-0.1, -0.05) is 30.4 Å². The topological polar surface area (TPSA) is 40.5 Å². The maximum atomic E-state index is 9.81. The van der Waals surface area contributed by atoms with Gasteiger partial charge in [0.25, 0.3) is 0 Å². The Labute approximate surface area is 125 Å². The van der Waals surface area contributed by atoms with Crippen LogP contribution in [0.2, 0.25) is 0 Å². The highest BCUT2D eigenvalue weighted by Gasteiger charge is 2.06. The van der Waals surface area contributed by atoms with Crippen LogP contribution in [0.4, 0.5) is 0 Å². The summed E-state index contributed by atoms with van der Waals surface area (Å²) in [5.41, 5.74) is 4.23. The lowest BCUT2D eigenvalue weighted by atomic mass is 9.96. The predicted molar refractivity (Wildman–Crippen MR) is 86.8 cm³/mol. The lowest BCUT2D eigenvalue weighted by Crippen LogP contribution is -1.96. The molecule has 2 aromatic rings. The van der Waals surface area contributed by atoms with Crippen LogP contribution in [0, 0.1) is 0 Å². The maximum absolute atomic E-state index is 9.81. The number of hydrogen-bond donors (Lipinski definition) is 2. The molecule has 0 bridgehead atoms. The van der Waals surface area contributed by atoms with E-state index in [0.29, 0.717) is 12.2 Å². The van der Waals surface area contributed by atoms with Gasteiger partial charge in [0, 0.05) is 0 Å². The first-order valence-electron chi connectivity index (χ1n) is 6.97. The van der Waals surface area contributed by atoms with E-state index in [4.69, 9.17) is 0 Å². The van der Waals surface area contributed by atoms with Crippen LogP contribution in [-0.4, -0.2) is 10.2 Å². The highest BCUT2D eigenvalue weighted by Crippen LogP contribution is 2.24. The Bertz CT molecular complexity index is 657. The Hall–Kier alpha value is -2.48. The van der Waals surface area contributed by atoms with Crippen LogP contribution in [0.3, 0.4) is 0 Å². The van der Waals surface area contributed by atoms with E-state index in [0.717, 1.165) is 35.1 Å². The Kier molecular flexibility index (Phi) is 4.83. The standard InChI is InChI=1S/C19H20O2/c1-3-5-15-13-18(20)9-8-16(15)11-14-7-10-19(21)17(12-14)6-4-2/h3-4,7-10,12-13,20-21H,1-2,5-6,11H2. The molecule has 2 heteroatoms. The van der Waals surface area contributed by atoms with Gasteiger partial charge in [-0.25, -0.2) is 0 Å². The summed E-state index contributed by atoms with van der Waals surface area (Å²) < 4.78 is 0. The fraction of sp³-hybridized carbons (Fsp3) is 0.158. The second-order valence-electron chi connectivity index (χ2n) is 5.08. The molecule has 0 heterocycles. The van der Waals surface area contributed by atoms with Crippen molar-refractivity contribution in [1.82, 2.24) is 0 Å². The lowest BCUT2D eigenvalue weighted by Gasteiger charge is -2.10. The second-order valence-corrected chi connectivity index (χ2v) is 5.08. The summed E-state index contributed by atoms with van der Waals surface area (Å²) in [5, 5.41) is 19.4. The number of aromatic hydroxyl groups is 2. The number of hydrogen-bond acceptors (Lipinski definition) is 2. The second kappa shape index (κ2) is 6.80. The summed E-state index contributed by atoms with van der Waals surface area (Å²) in [6.45, 7) is 7.47. The molecule has 2 nitrogen and oxygen atoms in total. The number of rotatable bonds is 6. The van der Waals surface area contributed by atoms with Crippen LogP contribution in [0.25, 0.3) is 0 Å². The quantitative estimate of drug-likeness (QED) is 0.780. The molecule has 2 N–H and O–H groups in total. The molecular weight excluding hydrogens is 260 g/mol. The molecule has 0 fully saturated rings. The SMILES string of the molecule is C=CCc1cc(Cc2ccc(O)cc2CC=C)ccc1O. The van der Waals surface area contributed by atoms with Crippen LogP contribution in [-0.2, 0) is 19.3 Å². The first-order chi connectivity index (χ1) is 10.1. The molecule has 0 aliphatic carbocycles. The first kappa shape index (κ1) is 14.9. The van der Waals surface area contributed by atoms with Crippen LogP contribution in [0.5, 0.6) is 11.5 Å². The third-order valence-electron chi connectivity index (χ3n) is 3.46. The number of phenols is 2. The third kappa shape index (κ3) is 3.76. The van der Waals surface area contributed by atoms with E-state index in [1.54, 1.807) is 24.3 Å². The van der Waals surface area contributed by atoms with Crippen molar-refractivity contribution in [2.24, 2.45) is 0 Å². The van der Waals surface area contributed by atoms with Gasteiger partial charge in [0.05, 0.1) is 0 Å². The summed E-state index contributed by atoms with van der Waals surface area (Å²) >= 11 is 0. The summed E-state index contributed by atoms with van der Waals surface area (Å²) in [7, 11) is 0. The van der Waals surface area contributed by atoms with E-state index in [-0.39, 0.29) is 5.75 Å². The minimum atomic E-state index is 0.272. The molecule has 0 aliphatic heterocycles. The molecular formula is C19H20O2. The van der Waals surface area contributed by atoms with Crippen molar-refractivity contribution < 1.29 is 10.2 Å². The fourth-order valence-electron chi connectivity index (χ4n) is 2.42. The van der Waals surface area contributed by atoms with Crippen molar-refractivity contribution in [1.29, 1.82) is 0 Å². The molecule has 0 aromatic heterocycles. The zero-order chi connectivity index (χ0) is 15.2. The molecule has 108 valence electrons. The van der Waals surface area contributed by atoms with E-state index in [9.17, 15) is 10.2 Å². The highest BCUT2D eigenvalue weighted by molar-refractivity contribution is 5.42. The minimum absolute atomic E-state index is 0.272. The smallest absolute Gasteiger partial charge is 0.119 e. The molecule has 0 radical (unpaired) electrons. The summed E-state index contributed by atoms with van der Waals surface area (Å²) in [6, 6.07) is 11.1. The lowest BCUT2D eigenvalue weighted by molar-refractivity contribution is 0.469. The Morgan fingerprint density at radius 3 is 2.24 bits per heavy atom. The molecule has 2 aromatic carbocycles. The van der Waals surface area contributed by atoms with E-state index < -0.39 is 0 Å². The minimum Gasteiger partial charge on any atom is -0.508 e. The zero-order valence-corrected chi connectivity index (χ0v) is 12.0. The van der Waals surface area contributed by atoms with Gasteiger partial charge in [-0.2, -0.15) is 0 Å². The molecule has 0 saturated heterocycles. The van der Waals surface area contributed by atoms with Crippen molar-refractivity contribution in [2.75, 3.05) is 0 Å². The number of phenolic OH excluding ortho intramolecular Hbond substituents is 2. The Balaban J connectivity index is 2.31.